The second-order valence-corrected chi connectivity index (χ2v) is 6.88. The normalized spacial score (nSPS) is 11.4. The van der Waals surface area contributed by atoms with E-state index in [0.717, 1.165) is 33.8 Å². The number of alkyl halides is 2. The number of rotatable bonds is 6. The molecule has 0 bridgehead atoms. The molecule has 0 saturated heterocycles. The first-order valence-corrected chi connectivity index (χ1v) is 9.29. The molecule has 148 valence electrons. The van der Waals surface area contributed by atoms with E-state index in [1.807, 2.05) is 60.8 Å². The maximum Gasteiger partial charge on any atom is 0.387 e. The van der Waals surface area contributed by atoms with Crippen LogP contribution in [0.15, 0.2) is 73.1 Å². The fraction of sp³-hybridized carbons (Fsp3) is 0.174. The van der Waals surface area contributed by atoms with Crippen molar-refractivity contribution in [2.45, 2.75) is 26.6 Å². The Hall–Kier alpha value is -3.41. The summed E-state index contributed by atoms with van der Waals surface area (Å²) in [6.07, 6.45) is 3.91. The average Bonchev–Trinajstić information content (AvgIpc) is 3.11. The fourth-order valence-electron chi connectivity index (χ4n) is 3.17. The summed E-state index contributed by atoms with van der Waals surface area (Å²) >= 11 is 0. The van der Waals surface area contributed by atoms with Gasteiger partial charge in [-0.25, -0.2) is 4.98 Å². The standard InChI is InChI=1S/C23H20F2N2O2/c1-15(2)28-19-8-3-16(4-9-19)18-7-12-22-26-13-21(27(22)14-18)17-5-10-20(11-6-17)29-23(24)25/h3-15,23H,1-2H3. The summed E-state index contributed by atoms with van der Waals surface area (Å²) in [4.78, 5) is 4.44. The number of fused-ring (bicyclic) bond motifs is 1. The van der Waals surface area contributed by atoms with E-state index >= 15 is 0 Å². The number of benzene rings is 2. The van der Waals surface area contributed by atoms with Crippen LogP contribution in [0.3, 0.4) is 0 Å². The van der Waals surface area contributed by atoms with Gasteiger partial charge in [0.05, 0.1) is 18.0 Å². The van der Waals surface area contributed by atoms with Crippen LogP contribution in [0.1, 0.15) is 13.8 Å². The number of aromatic nitrogens is 2. The number of hydrogen-bond acceptors (Lipinski definition) is 3. The molecule has 0 aliphatic rings. The Balaban J connectivity index is 1.66. The van der Waals surface area contributed by atoms with Crippen molar-refractivity contribution in [2.75, 3.05) is 0 Å². The van der Waals surface area contributed by atoms with E-state index in [1.54, 1.807) is 18.3 Å². The van der Waals surface area contributed by atoms with Gasteiger partial charge in [-0.3, -0.25) is 4.40 Å². The SMILES string of the molecule is CC(C)Oc1ccc(-c2ccc3ncc(-c4ccc(OC(F)F)cc4)n3c2)cc1. The Kier molecular flexibility index (Phi) is 5.16. The maximum absolute atomic E-state index is 12.4. The zero-order chi connectivity index (χ0) is 20.4. The summed E-state index contributed by atoms with van der Waals surface area (Å²) < 4.78 is 36.8. The number of halogens is 2. The molecule has 0 saturated carbocycles. The van der Waals surface area contributed by atoms with Crippen LogP contribution >= 0.6 is 0 Å². The first-order chi connectivity index (χ1) is 14.0. The van der Waals surface area contributed by atoms with Crippen molar-refractivity contribution in [3.05, 3.63) is 73.1 Å². The van der Waals surface area contributed by atoms with Crippen LogP contribution in [-0.4, -0.2) is 22.1 Å². The molecule has 4 nitrogen and oxygen atoms in total. The van der Waals surface area contributed by atoms with Gasteiger partial charge in [0.15, 0.2) is 0 Å². The topological polar surface area (TPSA) is 35.8 Å². The maximum atomic E-state index is 12.4. The summed E-state index contributed by atoms with van der Waals surface area (Å²) in [5.41, 5.74) is 4.62. The summed E-state index contributed by atoms with van der Waals surface area (Å²) in [7, 11) is 0. The van der Waals surface area contributed by atoms with Crippen molar-refractivity contribution in [2.24, 2.45) is 0 Å². The molecule has 2 aromatic carbocycles. The molecule has 0 unspecified atom stereocenters. The van der Waals surface area contributed by atoms with Crippen molar-refractivity contribution in [1.29, 1.82) is 0 Å². The number of hydrogen-bond donors (Lipinski definition) is 0. The number of pyridine rings is 1. The van der Waals surface area contributed by atoms with E-state index in [-0.39, 0.29) is 11.9 Å². The van der Waals surface area contributed by atoms with Gasteiger partial charge in [-0.2, -0.15) is 8.78 Å². The summed E-state index contributed by atoms with van der Waals surface area (Å²) in [5.74, 6) is 0.959. The predicted octanol–water partition coefficient (Wildman–Crippen LogP) is 6.06. The second-order valence-electron chi connectivity index (χ2n) is 6.88. The molecule has 0 spiro atoms. The van der Waals surface area contributed by atoms with E-state index in [4.69, 9.17) is 4.74 Å². The Labute approximate surface area is 167 Å². The summed E-state index contributed by atoms with van der Waals surface area (Å²) in [6, 6.07) is 18.5. The molecular weight excluding hydrogens is 374 g/mol. The third kappa shape index (κ3) is 4.21. The minimum atomic E-state index is -2.84. The third-order valence-electron chi connectivity index (χ3n) is 4.44. The minimum Gasteiger partial charge on any atom is -0.491 e. The van der Waals surface area contributed by atoms with Gasteiger partial charge in [-0.1, -0.05) is 12.1 Å². The van der Waals surface area contributed by atoms with E-state index in [0.29, 0.717) is 0 Å². The average molecular weight is 394 g/mol. The van der Waals surface area contributed by atoms with Gasteiger partial charge < -0.3 is 9.47 Å². The Morgan fingerprint density at radius 1 is 0.759 bits per heavy atom. The lowest BCUT2D eigenvalue weighted by Gasteiger charge is -2.11. The molecule has 0 N–H and O–H groups in total. The summed E-state index contributed by atoms with van der Waals surface area (Å²) in [6.45, 7) is 1.15. The quantitative estimate of drug-likeness (QED) is 0.399. The Bertz CT molecular complexity index is 1100. The lowest BCUT2D eigenvalue weighted by molar-refractivity contribution is -0.0498. The summed E-state index contributed by atoms with van der Waals surface area (Å²) in [5, 5.41) is 0. The number of imidazole rings is 1. The number of nitrogens with zero attached hydrogens (tertiary/aromatic N) is 2. The van der Waals surface area contributed by atoms with Gasteiger partial charge in [0, 0.05) is 11.8 Å². The molecule has 4 aromatic rings. The highest BCUT2D eigenvalue weighted by atomic mass is 19.3. The Morgan fingerprint density at radius 2 is 1.34 bits per heavy atom. The molecule has 4 rings (SSSR count). The lowest BCUT2D eigenvalue weighted by atomic mass is 10.1. The first-order valence-electron chi connectivity index (χ1n) is 9.29. The van der Waals surface area contributed by atoms with Gasteiger partial charge in [0.25, 0.3) is 0 Å². The zero-order valence-corrected chi connectivity index (χ0v) is 16.0. The van der Waals surface area contributed by atoms with Gasteiger partial charge in [0.1, 0.15) is 17.1 Å². The van der Waals surface area contributed by atoms with Crippen molar-refractivity contribution in [3.63, 3.8) is 0 Å². The zero-order valence-electron chi connectivity index (χ0n) is 16.0. The molecular formula is C23H20F2N2O2. The molecule has 0 radical (unpaired) electrons. The van der Waals surface area contributed by atoms with Crippen molar-refractivity contribution in [1.82, 2.24) is 9.38 Å². The molecule has 0 fully saturated rings. The largest absolute Gasteiger partial charge is 0.491 e. The first kappa shape index (κ1) is 18.9. The van der Waals surface area contributed by atoms with E-state index in [9.17, 15) is 8.78 Å². The molecule has 0 aliphatic carbocycles. The number of ether oxygens (including phenoxy) is 2. The van der Waals surface area contributed by atoms with Gasteiger partial charge in [-0.05, 0) is 73.5 Å². The van der Waals surface area contributed by atoms with Crippen LogP contribution in [-0.2, 0) is 0 Å². The molecule has 6 heteroatoms. The lowest BCUT2D eigenvalue weighted by Crippen LogP contribution is -2.05. The van der Waals surface area contributed by atoms with Gasteiger partial charge >= 0.3 is 6.61 Å². The highest BCUT2D eigenvalue weighted by Gasteiger charge is 2.09. The van der Waals surface area contributed by atoms with E-state index in [1.165, 1.54) is 12.1 Å². The third-order valence-corrected chi connectivity index (χ3v) is 4.44. The molecule has 0 amide bonds. The smallest absolute Gasteiger partial charge is 0.387 e. The van der Waals surface area contributed by atoms with Crippen LogP contribution in [0.2, 0.25) is 0 Å². The van der Waals surface area contributed by atoms with Crippen LogP contribution in [0.5, 0.6) is 11.5 Å². The van der Waals surface area contributed by atoms with Crippen LogP contribution in [0.4, 0.5) is 8.78 Å². The predicted molar refractivity (Wildman–Crippen MR) is 108 cm³/mol. The van der Waals surface area contributed by atoms with Crippen molar-refractivity contribution >= 4 is 5.65 Å². The van der Waals surface area contributed by atoms with Crippen LogP contribution in [0.25, 0.3) is 28.0 Å². The van der Waals surface area contributed by atoms with Crippen molar-refractivity contribution in [3.8, 4) is 33.9 Å². The molecule has 0 aliphatic heterocycles. The minimum absolute atomic E-state index is 0.127. The van der Waals surface area contributed by atoms with Gasteiger partial charge in [-0.15, -0.1) is 0 Å². The molecule has 2 aromatic heterocycles. The fourth-order valence-corrected chi connectivity index (χ4v) is 3.17. The second kappa shape index (κ2) is 7.91. The van der Waals surface area contributed by atoms with Crippen LogP contribution < -0.4 is 9.47 Å². The van der Waals surface area contributed by atoms with E-state index in [2.05, 4.69) is 9.72 Å². The molecule has 2 heterocycles. The molecule has 0 atom stereocenters. The highest BCUT2D eigenvalue weighted by Crippen LogP contribution is 2.28. The van der Waals surface area contributed by atoms with E-state index < -0.39 is 6.61 Å². The molecule has 29 heavy (non-hydrogen) atoms. The Morgan fingerprint density at radius 3 is 1.97 bits per heavy atom. The van der Waals surface area contributed by atoms with Crippen molar-refractivity contribution < 1.29 is 18.3 Å². The van der Waals surface area contributed by atoms with Gasteiger partial charge in [0.2, 0.25) is 0 Å². The highest BCUT2D eigenvalue weighted by molar-refractivity contribution is 5.69. The van der Waals surface area contributed by atoms with Crippen LogP contribution in [0, 0.1) is 0 Å². The monoisotopic (exact) mass is 394 g/mol.